The van der Waals surface area contributed by atoms with Crippen molar-refractivity contribution in [3.63, 3.8) is 0 Å². The first-order valence-electron chi connectivity index (χ1n) is 3.22. The van der Waals surface area contributed by atoms with E-state index in [9.17, 15) is 9.59 Å². The number of rotatable bonds is 2. The Labute approximate surface area is 68.7 Å². The molecule has 0 aliphatic rings. The number of isocyanates is 1. The van der Waals surface area contributed by atoms with Gasteiger partial charge in [0.25, 0.3) is 0 Å². The van der Waals surface area contributed by atoms with E-state index in [2.05, 4.69) is 4.99 Å². The van der Waals surface area contributed by atoms with Gasteiger partial charge in [0.15, 0.2) is 0 Å². The SMILES string of the molecule is NC(=O)c1cccc(N=C=O)c1. The van der Waals surface area contributed by atoms with E-state index in [1.807, 2.05) is 0 Å². The summed E-state index contributed by atoms with van der Waals surface area (Å²) < 4.78 is 0. The highest BCUT2D eigenvalue weighted by atomic mass is 16.1. The minimum atomic E-state index is -0.544. The first-order valence-corrected chi connectivity index (χ1v) is 3.22. The summed E-state index contributed by atoms with van der Waals surface area (Å²) in [6.07, 6.45) is 1.37. The zero-order chi connectivity index (χ0) is 8.97. The second-order valence-corrected chi connectivity index (χ2v) is 2.12. The van der Waals surface area contributed by atoms with Gasteiger partial charge in [0.05, 0.1) is 5.69 Å². The Kier molecular flexibility index (Phi) is 2.35. The van der Waals surface area contributed by atoms with E-state index >= 15 is 0 Å². The molecule has 0 saturated heterocycles. The molecule has 0 fully saturated rings. The van der Waals surface area contributed by atoms with Gasteiger partial charge in [-0.05, 0) is 18.2 Å². The molecule has 2 N–H and O–H groups in total. The largest absolute Gasteiger partial charge is 0.366 e. The summed E-state index contributed by atoms with van der Waals surface area (Å²) in [5.41, 5.74) is 5.70. The molecule has 12 heavy (non-hydrogen) atoms. The van der Waals surface area contributed by atoms with E-state index in [-0.39, 0.29) is 0 Å². The van der Waals surface area contributed by atoms with E-state index in [1.165, 1.54) is 12.1 Å². The monoisotopic (exact) mass is 162 g/mol. The summed E-state index contributed by atoms with van der Waals surface area (Å²) in [6, 6.07) is 6.15. The molecule has 1 rings (SSSR count). The fraction of sp³-hybridized carbons (Fsp3) is 0. The lowest BCUT2D eigenvalue weighted by Crippen LogP contribution is -2.10. The molecule has 0 unspecified atom stereocenters. The molecule has 0 atom stereocenters. The van der Waals surface area contributed by atoms with Gasteiger partial charge in [-0.1, -0.05) is 6.07 Å². The molecule has 60 valence electrons. The number of primary amides is 1. The molecule has 0 spiro atoms. The van der Waals surface area contributed by atoms with Crippen LogP contribution in [-0.4, -0.2) is 12.0 Å². The maximum Gasteiger partial charge on any atom is 0.248 e. The van der Waals surface area contributed by atoms with Crippen molar-refractivity contribution in [1.82, 2.24) is 0 Å². The minimum absolute atomic E-state index is 0.325. The Balaban J connectivity index is 3.11. The standard InChI is InChI=1S/C8H6N2O2/c9-8(12)6-2-1-3-7(4-6)10-5-11/h1-4H,(H2,9,12). The molecule has 0 saturated carbocycles. The number of nitrogens with zero attached hydrogens (tertiary/aromatic N) is 1. The highest BCUT2D eigenvalue weighted by Gasteiger charge is 1.99. The van der Waals surface area contributed by atoms with E-state index in [0.29, 0.717) is 11.3 Å². The molecular weight excluding hydrogens is 156 g/mol. The van der Waals surface area contributed by atoms with Crippen LogP contribution in [0.5, 0.6) is 0 Å². The summed E-state index contributed by atoms with van der Waals surface area (Å²) in [6.45, 7) is 0. The van der Waals surface area contributed by atoms with Crippen molar-refractivity contribution < 1.29 is 9.59 Å². The molecule has 1 aromatic carbocycles. The molecule has 0 aliphatic carbocycles. The fourth-order valence-corrected chi connectivity index (χ4v) is 0.781. The van der Waals surface area contributed by atoms with Crippen LogP contribution in [0.4, 0.5) is 5.69 Å². The van der Waals surface area contributed by atoms with Gasteiger partial charge in [-0.15, -0.1) is 0 Å². The smallest absolute Gasteiger partial charge is 0.248 e. The molecule has 0 aliphatic heterocycles. The van der Waals surface area contributed by atoms with Crippen molar-refractivity contribution in [2.24, 2.45) is 10.7 Å². The van der Waals surface area contributed by atoms with Gasteiger partial charge in [0, 0.05) is 5.56 Å². The number of carbonyl (C=O) groups excluding carboxylic acids is 2. The van der Waals surface area contributed by atoms with Crippen molar-refractivity contribution in [2.45, 2.75) is 0 Å². The van der Waals surface area contributed by atoms with Crippen molar-refractivity contribution >= 4 is 17.7 Å². The van der Waals surface area contributed by atoms with E-state index < -0.39 is 5.91 Å². The van der Waals surface area contributed by atoms with Gasteiger partial charge in [-0.2, -0.15) is 4.99 Å². The maximum atomic E-state index is 10.6. The predicted octanol–water partition coefficient (Wildman–Crippen LogP) is 0.753. The zero-order valence-electron chi connectivity index (χ0n) is 6.15. The summed E-state index contributed by atoms with van der Waals surface area (Å²) >= 11 is 0. The van der Waals surface area contributed by atoms with Gasteiger partial charge in [-0.25, -0.2) is 4.79 Å². The third-order valence-electron chi connectivity index (χ3n) is 1.31. The van der Waals surface area contributed by atoms with Crippen LogP contribution >= 0.6 is 0 Å². The minimum Gasteiger partial charge on any atom is -0.366 e. The fourth-order valence-electron chi connectivity index (χ4n) is 0.781. The summed E-state index contributed by atoms with van der Waals surface area (Å²) in [5, 5.41) is 0. The van der Waals surface area contributed by atoms with Crippen LogP contribution in [0, 0.1) is 0 Å². The Hall–Kier alpha value is -1.93. The highest BCUT2D eigenvalue weighted by Crippen LogP contribution is 2.12. The first-order chi connectivity index (χ1) is 5.74. The van der Waals surface area contributed by atoms with Crippen LogP contribution in [0.25, 0.3) is 0 Å². The summed E-state index contributed by atoms with van der Waals surface area (Å²) in [4.78, 5) is 23.8. The molecule has 0 bridgehead atoms. The average molecular weight is 162 g/mol. The van der Waals surface area contributed by atoms with Crippen LogP contribution in [0.3, 0.4) is 0 Å². The Morgan fingerprint density at radius 1 is 1.50 bits per heavy atom. The van der Waals surface area contributed by atoms with Gasteiger partial charge < -0.3 is 5.73 Å². The van der Waals surface area contributed by atoms with Crippen molar-refractivity contribution in [1.29, 1.82) is 0 Å². The first kappa shape index (κ1) is 8.17. The molecule has 0 aromatic heterocycles. The quantitative estimate of drug-likeness (QED) is 0.514. The molecule has 1 amide bonds. The molecule has 1 aromatic rings. The van der Waals surface area contributed by atoms with Crippen LogP contribution in [0.1, 0.15) is 10.4 Å². The Morgan fingerprint density at radius 3 is 2.83 bits per heavy atom. The second-order valence-electron chi connectivity index (χ2n) is 2.12. The number of carbonyl (C=O) groups is 1. The number of aliphatic imine (C=N–C) groups is 1. The lowest BCUT2D eigenvalue weighted by atomic mass is 10.2. The molecular formula is C8H6N2O2. The number of hydrogen-bond donors (Lipinski definition) is 1. The number of nitrogens with two attached hydrogens (primary N) is 1. The Morgan fingerprint density at radius 2 is 2.25 bits per heavy atom. The third kappa shape index (κ3) is 1.78. The molecule has 0 heterocycles. The molecule has 4 nitrogen and oxygen atoms in total. The van der Waals surface area contributed by atoms with E-state index in [0.717, 1.165) is 0 Å². The van der Waals surface area contributed by atoms with Gasteiger partial charge in [0.1, 0.15) is 0 Å². The lowest BCUT2D eigenvalue weighted by Gasteiger charge is -1.94. The Bertz CT molecular complexity index is 337. The van der Waals surface area contributed by atoms with E-state index in [1.54, 1.807) is 18.2 Å². The van der Waals surface area contributed by atoms with Crippen LogP contribution in [-0.2, 0) is 4.79 Å². The average Bonchev–Trinajstić information content (AvgIpc) is 2.05. The van der Waals surface area contributed by atoms with Gasteiger partial charge in [-0.3, -0.25) is 4.79 Å². The van der Waals surface area contributed by atoms with E-state index in [4.69, 9.17) is 5.73 Å². The predicted molar refractivity (Wildman–Crippen MR) is 42.7 cm³/mol. The van der Waals surface area contributed by atoms with Crippen LogP contribution in [0.15, 0.2) is 29.3 Å². The molecule has 4 heteroatoms. The van der Waals surface area contributed by atoms with Crippen LogP contribution < -0.4 is 5.73 Å². The zero-order valence-corrected chi connectivity index (χ0v) is 6.15. The third-order valence-corrected chi connectivity index (χ3v) is 1.31. The number of benzene rings is 1. The lowest BCUT2D eigenvalue weighted by molar-refractivity contribution is 0.100. The number of amides is 1. The van der Waals surface area contributed by atoms with Crippen molar-refractivity contribution in [3.8, 4) is 0 Å². The maximum absolute atomic E-state index is 10.6. The highest BCUT2D eigenvalue weighted by molar-refractivity contribution is 5.93. The van der Waals surface area contributed by atoms with Crippen molar-refractivity contribution in [3.05, 3.63) is 29.8 Å². The van der Waals surface area contributed by atoms with Crippen LogP contribution in [0.2, 0.25) is 0 Å². The van der Waals surface area contributed by atoms with Gasteiger partial charge >= 0.3 is 0 Å². The summed E-state index contributed by atoms with van der Waals surface area (Å²) in [5.74, 6) is -0.544. The van der Waals surface area contributed by atoms with Crippen molar-refractivity contribution in [2.75, 3.05) is 0 Å². The normalized spacial score (nSPS) is 8.67. The second kappa shape index (κ2) is 3.46. The summed E-state index contributed by atoms with van der Waals surface area (Å²) in [7, 11) is 0. The molecule has 0 radical (unpaired) electrons. The number of hydrogen-bond acceptors (Lipinski definition) is 3. The van der Waals surface area contributed by atoms with Gasteiger partial charge in [0.2, 0.25) is 12.0 Å². The topological polar surface area (TPSA) is 72.5 Å².